The predicted octanol–water partition coefficient (Wildman–Crippen LogP) is 4.42. The van der Waals surface area contributed by atoms with Crippen molar-refractivity contribution in [3.05, 3.63) is 69.6 Å². The quantitative estimate of drug-likeness (QED) is 0.668. The molecular weight excluding hydrogens is 354 g/mol. The maximum atomic E-state index is 12.3. The second-order valence-electron chi connectivity index (χ2n) is 7.44. The molecule has 0 fully saturated rings. The smallest absolute Gasteiger partial charge is 0.339 e. The van der Waals surface area contributed by atoms with Crippen LogP contribution in [0, 0.1) is 0 Å². The van der Waals surface area contributed by atoms with E-state index in [1.165, 1.54) is 0 Å². The van der Waals surface area contributed by atoms with Crippen LogP contribution >= 0.6 is 0 Å². The van der Waals surface area contributed by atoms with Gasteiger partial charge in [-0.15, -0.1) is 0 Å². The third-order valence-corrected chi connectivity index (χ3v) is 5.17. The number of para-hydroxylation sites is 1. The number of carbonyl (C=O) groups excluding carboxylic acids is 1. The number of aryl methyl sites for hydroxylation is 1. The van der Waals surface area contributed by atoms with E-state index < -0.39 is 0 Å². The first-order valence-corrected chi connectivity index (χ1v) is 9.63. The second kappa shape index (κ2) is 7.50. The highest BCUT2D eigenvalue weighted by molar-refractivity contribution is 5.92. The van der Waals surface area contributed by atoms with Gasteiger partial charge in [0.05, 0.1) is 0 Å². The SMILES string of the molecule is CC(C)c1ccccc1NC(=O)COc1ccc2c3c(c(=O)oc2c1)CCC3. The van der Waals surface area contributed by atoms with Crippen LogP contribution in [0.4, 0.5) is 5.69 Å². The molecule has 1 aliphatic carbocycles. The van der Waals surface area contributed by atoms with Crippen molar-refractivity contribution in [2.75, 3.05) is 11.9 Å². The Labute approximate surface area is 163 Å². The van der Waals surface area contributed by atoms with Gasteiger partial charge in [-0.1, -0.05) is 32.0 Å². The number of ether oxygens (including phenoxy) is 1. The van der Waals surface area contributed by atoms with E-state index >= 15 is 0 Å². The number of fused-ring (bicyclic) bond motifs is 3. The van der Waals surface area contributed by atoms with Gasteiger partial charge in [0.1, 0.15) is 11.3 Å². The van der Waals surface area contributed by atoms with Crippen LogP contribution in [0.2, 0.25) is 0 Å². The molecule has 2 aromatic carbocycles. The van der Waals surface area contributed by atoms with Crippen molar-refractivity contribution in [2.24, 2.45) is 0 Å². The highest BCUT2D eigenvalue weighted by Crippen LogP contribution is 2.29. The molecule has 5 heteroatoms. The highest BCUT2D eigenvalue weighted by atomic mass is 16.5. The summed E-state index contributed by atoms with van der Waals surface area (Å²) in [6.45, 7) is 4.05. The molecule has 0 atom stereocenters. The van der Waals surface area contributed by atoms with E-state index in [4.69, 9.17) is 9.15 Å². The van der Waals surface area contributed by atoms with Gasteiger partial charge in [0.25, 0.3) is 5.91 Å². The van der Waals surface area contributed by atoms with Crippen LogP contribution in [0.3, 0.4) is 0 Å². The molecule has 144 valence electrons. The minimum Gasteiger partial charge on any atom is -0.484 e. The second-order valence-corrected chi connectivity index (χ2v) is 7.44. The Morgan fingerprint density at radius 3 is 2.75 bits per heavy atom. The van der Waals surface area contributed by atoms with E-state index in [1.54, 1.807) is 6.07 Å². The molecule has 1 amide bonds. The van der Waals surface area contributed by atoms with Crippen molar-refractivity contribution in [2.45, 2.75) is 39.0 Å². The van der Waals surface area contributed by atoms with Crippen LogP contribution in [0.25, 0.3) is 11.0 Å². The molecule has 4 rings (SSSR count). The fourth-order valence-electron chi connectivity index (χ4n) is 3.80. The molecule has 1 heterocycles. The maximum Gasteiger partial charge on any atom is 0.339 e. The van der Waals surface area contributed by atoms with E-state index in [9.17, 15) is 9.59 Å². The van der Waals surface area contributed by atoms with Crippen molar-refractivity contribution in [3.8, 4) is 5.75 Å². The van der Waals surface area contributed by atoms with Gasteiger partial charge >= 0.3 is 5.63 Å². The van der Waals surface area contributed by atoms with Crippen molar-refractivity contribution in [3.63, 3.8) is 0 Å². The number of amides is 1. The highest BCUT2D eigenvalue weighted by Gasteiger charge is 2.19. The van der Waals surface area contributed by atoms with E-state index in [0.717, 1.165) is 47.0 Å². The molecule has 5 nitrogen and oxygen atoms in total. The summed E-state index contributed by atoms with van der Waals surface area (Å²) in [6, 6.07) is 13.2. The first-order valence-electron chi connectivity index (χ1n) is 9.63. The number of hydrogen-bond acceptors (Lipinski definition) is 4. The minimum atomic E-state index is -0.264. The van der Waals surface area contributed by atoms with Crippen molar-refractivity contribution >= 4 is 22.6 Å². The lowest BCUT2D eigenvalue weighted by Crippen LogP contribution is -2.21. The Kier molecular flexibility index (Phi) is 4.90. The van der Waals surface area contributed by atoms with Gasteiger partial charge in [-0.25, -0.2) is 4.79 Å². The zero-order chi connectivity index (χ0) is 19.7. The molecule has 0 radical (unpaired) electrons. The van der Waals surface area contributed by atoms with Gasteiger partial charge in [-0.3, -0.25) is 4.79 Å². The lowest BCUT2D eigenvalue weighted by molar-refractivity contribution is -0.118. The molecule has 1 aromatic heterocycles. The maximum absolute atomic E-state index is 12.3. The number of nitrogens with one attached hydrogen (secondary N) is 1. The summed E-state index contributed by atoms with van der Waals surface area (Å²) in [5.41, 5.74) is 4.00. The van der Waals surface area contributed by atoms with Crippen molar-refractivity contribution in [1.82, 2.24) is 0 Å². The first kappa shape index (κ1) is 18.3. The van der Waals surface area contributed by atoms with Crippen LogP contribution in [-0.2, 0) is 17.6 Å². The van der Waals surface area contributed by atoms with Gasteiger partial charge in [-0.2, -0.15) is 0 Å². The number of carbonyl (C=O) groups is 1. The molecular formula is C23H23NO4. The van der Waals surface area contributed by atoms with Gasteiger partial charge < -0.3 is 14.5 Å². The average Bonchev–Trinajstić information content (AvgIpc) is 3.17. The summed E-state index contributed by atoms with van der Waals surface area (Å²) < 4.78 is 11.1. The van der Waals surface area contributed by atoms with Crippen LogP contribution in [0.15, 0.2) is 51.7 Å². The lowest BCUT2D eigenvalue weighted by atomic mass is 10.0. The van der Waals surface area contributed by atoms with Gasteiger partial charge in [0.2, 0.25) is 0 Å². The fourth-order valence-corrected chi connectivity index (χ4v) is 3.80. The van der Waals surface area contributed by atoms with Crippen LogP contribution in [-0.4, -0.2) is 12.5 Å². The van der Waals surface area contributed by atoms with E-state index in [2.05, 4.69) is 19.2 Å². The van der Waals surface area contributed by atoms with E-state index in [-0.39, 0.29) is 18.1 Å². The molecule has 0 saturated heterocycles. The summed E-state index contributed by atoms with van der Waals surface area (Å²) in [5, 5.41) is 3.86. The molecule has 28 heavy (non-hydrogen) atoms. The molecule has 3 aromatic rings. The number of anilines is 1. The normalized spacial score (nSPS) is 13.0. The van der Waals surface area contributed by atoms with Gasteiger partial charge in [-0.05, 0) is 54.5 Å². The van der Waals surface area contributed by atoms with Gasteiger partial charge in [0.15, 0.2) is 6.61 Å². The van der Waals surface area contributed by atoms with Crippen LogP contribution in [0.1, 0.15) is 42.9 Å². The third-order valence-electron chi connectivity index (χ3n) is 5.17. The molecule has 0 spiro atoms. The summed E-state index contributed by atoms with van der Waals surface area (Å²) in [6.07, 6.45) is 2.66. The standard InChI is InChI=1S/C23H23NO4/c1-14(2)16-6-3-4-9-20(16)24-22(25)13-27-15-10-11-18-17-7-5-8-19(17)23(26)28-21(18)12-15/h3-4,6,9-12,14H,5,7-8,13H2,1-2H3,(H,24,25). The summed E-state index contributed by atoms with van der Waals surface area (Å²) in [4.78, 5) is 24.4. The topological polar surface area (TPSA) is 68.5 Å². The molecule has 0 unspecified atom stereocenters. The Hall–Kier alpha value is -3.08. The van der Waals surface area contributed by atoms with Crippen molar-refractivity contribution < 1.29 is 13.9 Å². The van der Waals surface area contributed by atoms with Crippen LogP contribution in [0.5, 0.6) is 5.75 Å². The summed E-state index contributed by atoms with van der Waals surface area (Å²) in [7, 11) is 0. The molecule has 1 aliphatic rings. The Bertz CT molecular complexity index is 1100. The fraction of sp³-hybridized carbons (Fsp3) is 0.304. The molecule has 0 aliphatic heterocycles. The Morgan fingerprint density at radius 1 is 1.14 bits per heavy atom. The van der Waals surface area contributed by atoms with Gasteiger partial charge in [0, 0.05) is 22.7 Å². The lowest BCUT2D eigenvalue weighted by Gasteiger charge is -2.14. The minimum absolute atomic E-state index is 0.118. The zero-order valence-corrected chi connectivity index (χ0v) is 16.1. The number of hydrogen-bond donors (Lipinski definition) is 1. The molecule has 1 N–H and O–H groups in total. The van der Waals surface area contributed by atoms with E-state index in [0.29, 0.717) is 17.3 Å². The number of benzene rings is 2. The zero-order valence-electron chi connectivity index (χ0n) is 16.1. The van der Waals surface area contributed by atoms with Crippen molar-refractivity contribution in [1.29, 1.82) is 0 Å². The Balaban J connectivity index is 1.48. The summed E-state index contributed by atoms with van der Waals surface area (Å²) in [5.74, 6) is 0.576. The first-order chi connectivity index (χ1) is 13.5. The predicted molar refractivity (Wildman–Crippen MR) is 109 cm³/mol. The molecule has 0 bridgehead atoms. The number of rotatable bonds is 5. The summed E-state index contributed by atoms with van der Waals surface area (Å²) >= 11 is 0. The average molecular weight is 377 g/mol. The Morgan fingerprint density at radius 2 is 1.93 bits per heavy atom. The van der Waals surface area contributed by atoms with E-state index in [1.807, 2.05) is 36.4 Å². The largest absolute Gasteiger partial charge is 0.484 e. The third kappa shape index (κ3) is 3.52. The monoisotopic (exact) mass is 377 g/mol. The molecule has 0 saturated carbocycles. The van der Waals surface area contributed by atoms with Crippen LogP contribution < -0.4 is 15.7 Å².